The second-order valence-corrected chi connectivity index (χ2v) is 10.2. The van der Waals surface area contributed by atoms with Crippen LogP contribution in [0.2, 0.25) is 18.1 Å². The minimum absolute atomic E-state index is 0.713. The number of rotatable bonds is 5. The number of hydrogen-bond donors (Lipinski definition) is 0. The zero-order valence-corrected chi connectivity index (χ0v) is 12.8. The molecule has 1 heteroatoms. The first-order valence-corrected chi connectivity index (χ1v) is 9.93. The highest BCUT2D eigenvalue weighted by Crippen LogP contribution is 2.39. The lowest BCUT2D eigenvalue weighted by Crippen LogP contribution is -2.48. The summed E-state index contributed by atoms with van der Waals surface area (Å²) in [7, 11) is -1.42. The maximum Gasteiger partial charge on any atom is 0.0942 e. The monoisotopic (exact) mass is 256 g/mol. The Morgan fingerprint density at radius 2 is 1.83 bits per heavy atom. The molecule has 0 saturated heterocycles. The van der Waals surface area contributed by atoms with Crippen molar-refractivity contribution < 1.29 is 0 Å². The fourth-order valence-corrected chi connectivity index (χ4v) is 6.85. The Kier molecular flexibility index (Phi) is 4.23. The summed E-state index contributed by atoms with van der Waals surface area (Å²) >= 11 is 0. The second kappa shape index (κ2) is 5.70. The van der Waals surface area contributed by atoms with Gasteiger partial charge in [-0.05, 0) is 12.0 Å². The molecule has 0 saturated carbocycles. The Bertz CT molecular complexity index is 444. The number of allylic oxidation sites excluding steroid dienone is 4. The summed E-state index contributed by atoms with van der Waals surface area (Å²) in [6.07, 6.45) is 9.60. The third-order valence-corrected chi connectivity index (χ3v) is 9.46. The fourth-order valence-electron chi connectivity index (χ4n) is 3.09. The van der Waals surface area contributed by atoms with Gasteiger partial charge < -0.3 is 0 Å². The van der Waals surface area contributed by atoms with Crippen molar-refractivity contribution in [1.29, 1.82) is 0 Å². The first-order chi connectivity index (χ1) is 8.72. The molecule has 2 unspecified atom stereocenters. The molecule has 96 valence electrons. The molecule has 0 amide bonds. The first kappa shape index (κ1) is 13.4. The van der Waals surface area contributed by atoms with Gasteiger partial charge in [0.05, 0.1) is 8.07 Å². The Morgan fingerprint density at radius 3 is 2.44 bits per heavy atom. The molecule has 0 heterocycles. The predicted octanol–water partition coefficient (Wildman–Crippen LogP) is 4.66. The van der Waals surface area contributed by atoms with E-state index in [1.165, 1.54) is 18.9 Å². The van der Waals surface area contributed by atoms with E-state index in [0.717, 1.165) is 0 Å². The zero-order valence-electron chi connectivity index (χ0n) is 11.8. The van der Waals surface area contributed by atoms with Crippen molar-refractivity contribution in [2.24, 2.45) is 0 Å². The Hall–Kier alpha value is -1.08. The summed E-state index contributed by atoms with van der Waals surface area (Å²) in [5.74, 6) is 0. The van der Waals surface area contributed by atoms with E-state index in [1.54, 1.807) is 10.8 Å². The highest BCUT2D eigenvalue weighted by Gasteiger charge is 2.37. The average Bonchev–Trinajstić information content (AvgIpc) is 2.88. The van der Waals surface area contributed by atoms with Crippen LogP contribution in [0.4, 0.5) is 0 Å². The lowest BCUT2D eigenvalue weighted by atomic mass is 10.1. The topological polar surface area (TPSA) is 0 Å². The van der Waals surface area contributed by atoms with Gasteiger partial charge in [-0.25, -0.2) is 0 Å². The van der Waals surface area contributed by atoms with E-state index < -0.39 is 8.07 Å². The maximum atomic E-state index is 2.55. The van der Waals surface area contributed by atoms with Crippen molar-refractivity contribution in [3.05, 3.63) is 54.1 Å². The quantitative estimate of drug-likeness (QED) is 0.672. The zero-order chi connectivity index (χ0) is 13.0. The van der Waals surface area contributed by atoms with Crippen molar-refractivity contribution in [2.45, 2.75) is 44.8 Å². The molecule has 18 heavy (non-hydrogen) atoms. The molecule has 1 aromatic rings. The van der Waals surface area contributed by atoms with Crippen molar-refractivity contribution in [3.8, 4) is 0 Å². The van der Waals surface area contributed by atoms with Crippen LogP contribution < -0.4 is 5.19 Å². The summed E-state index contributed by atoms with van der Waals surface area (Å²) in [6.45, 7) is 7.20. The van der Waals surface area contributed by atoms with Crippen LogP contribution in [0.3, 0.4) is 0 Å². The fraction of sp³-hybridized carbons (Fsp3) is 0.412. The lowest BCUT2D eigenvalue weighted by Gasteiger charge is -2.34. The summed E-state index contributed by atoms with van der Waals surface area (Å²) in [4.78, 5) is 0. The molecule has 0 bridgehead atoms. The second-order valence-electron chi connectivity index (χ2n) is 5.49. The third kappa shape index (κ3) is 2.37. The smallest absolute Gasteiger partial charge is 0.0797 e. The van der Waals surface area contributed by atoms with Gasteiger partial charge in [0, 0.05) is 0 Å². The van der Waals surface area contributed by atoms with Gasteiger partial charge in [0.15, 0.2) is 0 Å². The van der Waals surface area contributed by atoms with Gasteiger partial charge in [0.25, 0.3) is 0 Å². The summed E-state index contributed by atoms with van der Waals surface area (Å²) < 4.78 is 0. The summed E-state index contributed by atoms with van der Waals surface area (Å²) in [5, 5.41) is 1.60. The first-order valence-electron chi connectivity index (χ1n) is 7.15. The van der Waals surface area contributed by atoms with Crippen LogP contribution in [-0.4, -0.2) is 8.07 Å². The van der Waals surface area contributed by atoms with Crippen LogP contribution in [0.15, 0.2) is 54.1 Å². The molecule has 0 N–H and O–H groups in total. The van der Waals surface area contributed by atoms with Crippen LogP contribution in [0.5, 0.6) is 0 Å². The molecule has 0 nitrogen and oxygen atoms in total. The molecule has 1 aliphatic carbocycles. The summed E-state index contributed by atoms with van der Waals surface area (Å²) in [6, 6.07) is 12.5. The van der Waals surface area contributed by atoms with Gasteiger partial charge in [0.2, 0.25) is 0 Å². The molecule has 0 fully saturated rings. The standard InChI is InChI=1S/C17H24Si/c1-4-10-15-11-9-14-17(15)18(3,5-2)16-12-7-6-8-13-16/h6-9,11-14,17H,4-5,10H2,1-3H3. The van der Waals surface area contributed by atoms with Crippen LogP contribution >= 0.6 is 0 Å². The van der Waals surface area contributed by atoms with E-state index >= 15 is 0 Å². The van der Waals surface area contributed by atoms with Crippen molar-refractivity contribution in [1.82, 2.24) is 0 Å². The molecule has 2 rings (SSSR count). The van der Waals surface area contributed by atoms with Crippen LogP contribution in [-0.2, 0) is 0 Å². The molecule has 0 radical (unpaired) electrons. The minimum atomic E-state index is -1.42. The van der Waals surface area contributed by atoms with Crippen LogP contribution in [0.1, 0.15) is 26.7 Å². The van der Waals surface area contributed by atoms with Crippen molar-refractivity contribution in [3.63, 3.8) is 0 Å². The van der Waals surface area contributed by atoms with E-state index in [-0.39, 0.29) is 0 Å². The molecule has 1 aromatic carbocycles. The highest BCUT2D eigenvalue weighted by atomic mass is 28.3. The van der Waals surface area contributed by atoms with E-state index in [4.69, 9.17) is 0 Å². The highest BCUT2D eigenvalue weighted by molar-refractivity contribution is 6.92. The third-order valence-electron chi connectivity index (χ3n) is 4.41. The molecule has 0 spiro atoms. The van der Waals surface area contributed by atoms with Gasteiger partial charge in [-0.15, -0.1) is 0 Å². The lowest BCUT2D eigenvalue weighted by molar-refractivity contribution is 0.875. The molecule has 2 atom stereocenters. The van der Waals surface area contributed by atoms with E-state index in [2.05, 4.69) is 69.0 Å². The van der Waals surface area contributed by atoms with Gasteiger partial charge in [-0.2, -0.15) is 0 Å². The van der Waals surface area contributed by atoms with E-state index in [0.29, 0.717) is 5.54 Å². The van der Waals surface area contributed by atoms with Gasteiger partial charge >= 0.3 is 0 Å². The van der Waals surface area contributed by atoms with Crippen molar-refractivity contribution >= 4 is 13.3 Å². The number of benzene rings is 1. The molecule has 0 aliphatic heterocycles. The van der Waals surface area contributed by atoms with Crippen molar-refractivity contribution in [2.75, 3.05) is 0 Å². The maximum absolute atomic E-state index is 2.55. The Morgan fingerprint density at radius 1 is 1.11 bits per heavy atom. The van der Waals surface area contributed by atoms with Gasteiger partial charge in [-0.1, -0.05) is 92.2 Å². The molecule has 1 aliphatic rings. The molecular formula is C17H24Si. The normalized spacial score (nSPS) is 21.7. The van der Waals surface area contributed by atoms with E-state index in [9.17, 15) is 0 Å². The number of hydrogen-bond acceptors (Lipinski definition) is 0. The molecule has 0 aromatic heterocycles. The van der Waals surface area contributed by atoms with Gasteiger partial charge in [0.1, 0.15) is 0 Å². The SMILES string of the molecule is CCCC1=CC=CC1[Si](C)(CC)c1ccccc1. The van der Waals surface area contributed by atoms with Gasteiger partial charge in [-0.3, -0.25) is 0 Å². The Labute approximate surface area is 112 Å². The Balaban J connectivity index is 2.33. The molecular weight excluding hydrogens is 232 g/mol. The minimum Gasteiger partial charge on any atom is -0.0797 e. The average molecular weight is 256 g/mol. The summed E-state index contributed by atoms with van der Waals surface area (Å²) in [5.41, 5.74) is 2.38. The van der Waals surface area contributed by atoms with Crippen LogP contribution in [0.25, 0.3) is 0 Å². The largest absolute Gasteiger partial charge is 0.0942 e. The van der Waals surface area contributed by atoms with Crippen LogP contribution in [0, 0.1) is 0 Å². The predicted molar refractivity (Wildman–Crippen MR) is 84.1 cm³/mol. The van der Waals surface area contributed by atoms with E-state index in [1.807, 2.05) is 0 Å².